The van der Waals surface area contributed by atoms with Gasteiger partial charge < -0.3 is 30.1 Å². The molecule has 5 aromatic carbocycles. The molecule has 14 heteroatoms. The Labute approximate surface area is 414 Å². The summed E-state index contributed by atoms with van der Waals surface area (Å²) >= 11 is 3.05. The van der Waals surface area contributed by atoms with Crippen molar-refractivity contribution in [2.45, 2.75) is 95.1 Å². The van der Waals surface area contributed by atoms with E-state index in [0.717, 1.165) is 33.4 Å². The number of nitrogens with zero attached hydrogens (tertiary/aromatic N) is 2. The number of nitrogens with one attached hydrogen (secondary N) is 2. The van der Waals surface area contributed by atoms with Crippen molar-refractivity contribution in [3.05, 3.63) is 179 Å². The molecule has 4 atom stereocenters. The van der Waals surface area contributed by atoms with E-state index in [0.29, 0.717) is 5.75 Å². The second-order valence-corrected chi connectivity index (χ2v) is 20.7. The van der Waals surface area contributed by atoms with Crippen molar-refractivity contribution >= 4 is 53.5 Å². The van der Waals surface area contributed by atoms with Gasteiger partial charge in [-0.25, -0.2) is 14.4 Å². The fourth-order valence-corrected chi connectivity index (χ4v) is 10.7. The van der Waals surface area contributed by atoms with Crippen LogP contribution in [0.4, 0.5) is 9.59 Å². The SMILES string of the molecule is CSCCC(NC(=O)[C@@H]1Cc2ccccc2CN1C(=O)[C@H](C(C)C)N(C[C@H](CSC(c1ccccc1)(c1ccccc1)c1ccccc1)NC(=O)OC(C)(C)C)C(=O)OCc1ccccc1)C(=O)O. The average Bonchev–Trinajstić information content (AvgIpc) is 3.34. The number of rotatable bonds is 20. The third-order valence-corrected chi connectivity index (χ3v) is 14.3. The van der Waals surface area contributed by atoms with Gasteiger partial charge in [0.15, 0.2) is 0 Å². The Morgan fingerprint density at radius 3 is 1.78 bits per heavy atom. The van der Waals surface area contributed by atoms with Gasteiger partial charge in [0.1, 0.15) is 30.3 Å². The number of carbonyl (C=O) groups is 5. The second kappa shape index (κ2) is 24.3. The summed E-state index contributed by atoms with van der Waals surface area (Å²) < 4.78 is 11.1. The summed E-state index contributed by atoms with van der Waals surface area (Å²) in [6.07, 6.45) is 0.682. The molecule has 0 spiro atoms. The number of amides is 4. The average molecular weight is 973 g/mol. The number of hydrogen-bond acceptors (Lipinski definition) is 9. The molecule has 0 fully saturated rings. The lowest BCUT2D eigenvalue weighted by atomic mass is 9.84. The quantitative estimate of drug-likeness (QED) is 0.0643. The highest BCUT2D eigenvalue weighted by atomic mass is 32.2. The molecular weight excluding hydrogens is 909 g/mol. The van der Waals surface area contributed by atoms with Crippen LogP contribution in [-0.2, 0) is 48.2 Å². The Morgan fingerprint density at radius 1 is 0.754 bits per heavy atom. The zero-order valence-electron chi connectivity index (χ0n) is 40.2. The third-order valence-electron chi connectivity index (χ3n) is 11.9. The van der Waals surface area contributed by atoms with E-state index in [2.05, 4.69) is 47.0 Å². The molecule has 0 bridgehead atoms. The maximum atomic E-state index is 15.6. The van der Waals surface area contributed by atoms with E-state index in [1.54, 1.807) is 32.5 Å². The Balaban J connectivity index is 1.44. The number of carboxylic acid groups (broad SMARTS) is 1. The molecule has 0 saturated carbocycles. The molecule has 69 heavy (non-hydrogen) atoms. The molecule has 0 saturated heterocycles. The Morgan fingerprint density at radius 2 is 1.28 bits per heavy atom. The molecule has 0 radical (unpaired) electrons. The minimum Gasteiger partial charge on any atom is -0.480 e. The largest absolute Gasteiger partial charge is 0.480 e. The first-order valence-corrected chi connectivity index (χ1v) is 25.7. The molecule has 1 aliphatic heterocycles. The van der Waals surface area contributed by atoms with Gasteiger partial charge in [0.25, 0.3) is 0 Å². The highest BCUT2D eigenvalue weighted by Crippen LogP contribution is 2.48. The van der Waals surface area contributed by atoms with Crippen LogP contribution < -0.4 is 10.6 Å². The maximum absolute atomic E-state index is 15.6. The number of carbonyl (C=O) groups excluding carboxylic acids is 4. The van der Waals surface area contributed by atoms with Crippen molar-refractivity contribution in [1.82, 2.24) is 20.4 Å². The van der Waals surface area contributed by atoms with Crippen LogP contribution in [0.1, 0.15) is 74.4 Å². The van der Waals surface area contributed by atoms with Gasteiger partial charge in [-0.2, -0.15) is 11.8 Å². The summed E-state index contributed by atoms with van der Waals surface area (Å²) in [6.45, 7) is 8.71. The van der Waals surface area contributed by atoms with Gasteiger partial charge in [-0.1, -0.05) is 159 Å². The van der Waals surface area contributed by atoms with Crippen LogP contribution in [0.15, 0.2) is 146 Å². The second-order valence-electron chi connectivity index (χ2n) is 18.5. The van der Waals surface area contributed by atoms with E-state index < -0.39 is 70.4 Å². The maximum Gasteiger partial charge on any atom is 0.410 e. The van der Waals surface area contributed by atoms with Crippen LogP contribution in [0.5, 0.6) is 0 Å². The van der Waals surface area contributed by atoms with Crippen LogP contribution in [0.2, 0.25) is 0 Å². The Hall–Kier alpha value is -6.25. The fourth-order valence-electron chi connectivity index (χ4n) is 8.65. The first-order valence-electron chi connectivity index (χ1n) is 23.3. The molecule has 12 nitrogen and oxygen atoms in total. The van der Waals surface area contributed by atoms with Crippen LogP contribution in [0.25, 0.3) is 0 Å². The number of alkyl carbamates (subject to hydrolysis) is 1. The number of thioether (sulfide) groups is 2. The van der Waals surface area contributed by atoms with Crippen LogP contribution in [0, 0.1) is 5.92 Å². The molecule has 1 unspecified atom stereocenters. The van der Waals surface area contributed by atoms with Gasteiger partial charge in [0, 0.05) is 25.3 Å². The van der Waals surface area contributed by atoms with E-state index >= 15 is 4.79 Å². The van der Waals surface area contributed by atoms with E-state index in [-0.39, 0.29) is 38.3 Å². The molecule has 0 aliphatic carbocycles. The molecule has 4 amide bonds. The monoisotopic (exact) mass is 972 g/mol. The van der Waals surface area contributed by atoms with Crippen LogP contribution >= 0.6 is 23.5 Å². The standard InChI is InChI=1S/C55H64N4O8S2/c1-38(2)48(50(61)58-34-41-24-20-19-23-40(41)33-47(58)49(60)57-46(51(62)63)31-32-68-6)59(53(65)66-36-39-21-11-7-12-22-39)35-45(56-52(64)67-54(3,4)5)37-69-55(42-25-13-8-14-26-42,43-27-15-9-16-28-43)44-29-17-10-18-30-44/h7-30,38,45-48H,31-37H2,1-6H3,(H,56,64)(H,57,60)(H,62,63)/t45-,46?,47+,48+/m1/s1. The lowest BCUT2D eigenvalue weighted by Gasteiger charge is -2.42. The third kappa shape index (κ3) is 13.7. The first kappa shape index (κ1) is 52.1. The molecule has 364 valence electrons. The topological polar surface area (TPSA) is 155 Å². The number of hydrogen-bond donors (Lipinski definition) is 3. The van der Waals surface area contributed by atoms with Crippen molar-refractivity contribution in [1.29, 1.82) is 0 Å². The molecule has 5 aromatic rings. The van der Waals surface area contributed by atoms with E-state index in [9.17, 15) is 24.3 Å². The molecule has 1 aliphatic rings. The van der Waals surface area contributed by atoms with Crippen molar-refractivity contribution in [3.8, 4) is 0 Å². The van der Waals surface area contributed by atoms with Crippen molar-refractivity contribution in [2.75, 3.05) is 24.3 Å². The normalized spacial score (nSPS) is 14.9. The fraction of sp³-hybridized carbons (Fsp3) is 0.364. The smallest absolute Gasteiger partial charge is 0.410 e. The van der Waals surface area contributed by atoms with Crippen molar-refractivity contribution in [3.63, 3.8) is 0 Å². The minimum atomic E-state index is -1.21. The molecule has 6 rings (SSSR count). The minimum absolute atomic E-state index is 0.0367. The van der Waals surface area contributed by atoms with Crippen molar-refractivity contribution < 1.29 is 38.6 Å². The lowest BCUT2D eigenvalue weighted by molar-refractivity contribution is -0.148. The number of fused-ring (bicyclic) bond motifs is 1. The summed E-state index contributed by atoms with van der Waals surface area (Å²) in [7, 11) is 0. The molecule has 1 heterocycles. The Kier molecular flexibility index (Phi) is 18.4. The van der Waals surface area contributed by atoms with E-state index in [1.807, 2.05) is 129 Å². The van der Waals surface area contributed by atoms with Gasteiger partial charge in [0.05, 0.1) is 10.8 Å². The van der Waals surface area contributed by atoms with Crippen molar-refractivity contribution in [2.24, 2.45) is 5.92 Å². The van der Waals surface area contributed by atoms with Gasteiger partial charge in [0.2, 0.25) is 11.8 Å². The van der Waals surface area contributed by atoms with Crippen LogP contribution in [0.3, 0.4) is 0 Å². The van der Waals surface area contributed by atoms with Gasteiger partial charge in [-0.05, 0) is 78.5 Å². The van der Waals surface area contributed by atoms with Crippen LogP contribution in [-0.4, -0.2) is 99.0 Å². The Bertz CT molecular complexity index is 2380. The highest BCUT2D eigenvalue weighted by Gasteiger charge is 2.45. The summed E-state index contributed by atoms with van der Waals surface area (Å²) in [6, 6.07) is 42.8. The lowest BCUT2D eigenvalue weighted by Crippen LogP contribution is -2.62. The summed E-state index contributed by atoms with van der Waals surface area (Å²) in [4.78, 5) is 74.0. The number of aliphatic carboxylic acids is 1. The first-order chi connectivity index (χ1) is 33.1. The van der Waals surface area contributed by atoms with E-state index in [4.69, 9.17) is 9.47 Å². The van der Waals surface area contributed by atoms with Gasteiger partial charge in [-0.3, -0.25) is 14.5 Å². The van der Waals surface area contributed by atoms with Gasteiger partial charge in [-0.15, -0.1) is 11.8 Å². The molecule has 0 aromatic heterocycles. The molecule has 3 N–H and O–H groups in total. The predicted octanol–water partition coefficient (Wildman–Crippen LogP) is 9.54. The summed E-state index contributed by atoms with van der Waals surface area (Å²) in [5, 5.41) is 15.9. The number of carboxylic acids is 1. The predicted molar refractivity (Wildman–Crippen MR) is 274 cm³/mol. The number of benzene rings is 5. The van der Waals surface area contributed by atoms with E-state index in [1.165, 1.54) is 21.6 Å². The van der Waals surface area contributed by atoms with Gasteiger partial charge >= 0.3 is 18.2 Å². The summed E-state index contributed by atoms with van der Waals surface area (Å²) in [5.74, 6) is -2.12. The highest BCUT2D eigenvalue weighted by molar-refractivity contribution is 8.00. The zero-order chi connectivity index (χ0) is 49.6. The number of ether oxygens (including phenoxy) is 2. The zero-order valence-corrected chi connectivity index (χ0v) is 41.8. The molecular formula is C55H64N4O8S2. The summed E-state index contributed by atoms with van der Waals surface area (Å²) in [5.41, 5.74) is 4.53.